The lowest BCUT2D eigenvalue weighted by Gasteiger charge is -2.28. The summed E-state index contributed by atoms with van der Waals surface area (Å²) in [4.78, 5) is 18.7. The van der Waals surface area contributed by atoms with Gasteiger partial charge < -0.3 is 4.90 Å². The monoisotopic (exact) mass is 458 g/mol. The number of nitrogens with zero attached hydrogens (tertiary/aromatic N) is 2. The molecule has 2 aliphatic heterocycles. The summed E-state index contributed by atoms with van der Waals surface area (Å²) in [6.45, 7) is 7.98. The molecule has 8 heteroatoms. The molecule has 142 valence electrons. The first-order chi connectivity index (χ1) is 12.1. The molecule has 0 aromatic heterocycles. The number of amidine groups is 1. The number of carbonyl (C=O) groups is 1. The van der Waals surface area contributed by atoms with E-state index in [0.29, 0.717) is 11.6 Å². The Morgan fingerprint density at radius 2 is 1.92 bits per heavy atom. The van der Waals surface area contributed by atoms with Crippen LogP contribution in [0.15, 0.2) is 21.6 Å². The lowest BCUT2D eigenvalue weighted by Crippen LogP contribution is -2.38. The molecule has 2 heterocycles. The third kappa shape index (κ3) is 4.02. The average molecular weight is 459 g/mol. The van der Waals surface area contributed by atoms with Crippen LogP contribution in [0.4, 0.5) is 5.69 Å². The van der Waals surface area contributed by atoms with Gasteiger partial charge >= 0.3 is 0 Å². The zero-order valence-electron chi connectivity index (χ0n) is 15.3. The molecule has 0 unspecified atom stereocenters. The molecule has 1 aromatic rings. The molecule has 0 radical (unpaired) electrons. The lowest BCUT2D eigenvalue weighted by molar-refractivity contribution is -0.118. The number of thioether (sulfide) groups is 1. The molecule has 1 amide bonds. The van der Waals surface area contributed by atoms with Crippen molar-refractivity contribution in [2.45, 2.75) is 45.4 Å². The van der Waals surface area contributed by atoms with Crippen molar-refractivity contribution in [2.24, 2.45) is 10.9 Å². The van der Waals surface area contributed by atoms with E-state index >= 15 is 0 Å². The van der Waals surface area contributed by atoms with E-state index in [1.807, 2.05) is 44.7 Å². The number of benzene rings is 1. The number of aryl methyl sites for hydroxylation is 2. The van der Waals surface area contributed by atoms with Crippen LogP contribution >= 0.6 is 27.7 Å². The van der Waals surface area contributed by atoms with E-state index in [1.165, 1.54) is 11.8 Å². The fraction of sp³-hybridized carbons (Fsp3) is 0.556. The van der Waals surface area contributed by atoms with Crippen LogP contribution in [0.1, 0.15) is 31.4 Å². The summed E-state index contributed by atoms with van der Waals surface area (Å²) in [5.74, 6) is 0.340. The topological polar surface area (TPSA) is 66.8 Å². The molecule has 1 aromatic carbocycles. The first kappa shape index (κ1) is 19.9. The highest BCUT2D eigenvalue weighted by Gasteiger charge is 2.50. The molecule has 2 saturated heterocycles. The van der Waals surface area contributed by atoms with E-state index < -0.39 is 9.84 Å². The summed E-state index contributed by atoms with van der Waals surface area (Å²) in [6, 6.07) is 3.85. The van der Waals surface area contributed by atoms with Crippen molar-refractivity contribution in [1.82, 2.24) is 0 Å². The number of carbonyl (C=O) groups excluding carboxylic acids is 1. The van der Waals surface area contributed by atoms with Crippen molar-refractivity contribution in [1.29, 1.82) is 0 Å². The van der Waals surface area contributed by atoms with Gasteiger partial charge in [-0.15, -0.1) is 0 Å². The summed E-state index contributed by atoms with van der Waals surface area (Å²) in [6.07, 6.45) is 0.393. The maximum atomic E-state index is 12.3. The first-order valence-electron chi connectivity index (χ1n) is 8.62. The van der Waals surface area contributed by atoms with Crippen molar-refractivity contribution >= 4 is 54.3 Å². The van der Waals surface area contributed by atoms with Crippen LogP contribution in [-0.2, 0) is 14.6 Å². The van der Waals surface area contributed by atoms with Gasteiger partial charge in [-0.3, -0.25) is 4.79 Å². The summed E-state index contributed by atoms with van der Waals surface area (Å²) in [5, 5.41) is 0.558. The van der Waals surface area contributed by atoms with Crippen LogP contribution in [0, 0.1) is 19.8 Å². The molecule has 2 atom stereocenters. The van der Waals surface area contributed by atoms with Crippen LogP contribution in [0.25, 0.3) is 0 Å². The van der Waals surface area contributed by atoms with Gasteiger partial charge in [0.1, 0.15) is 0 Å². The Morgan fingerprint density at radius 3 is 2.50 bits per heavy atom. The van der Waals surface area contributed by atoms with Crippen molar-refractivity contribution in [3.63, 3.8) is 0 Å². The number of aliphatic imine (C=N–C) groups is 1. The Labute approximate surface area is 167 Å². The highest BCUT2D eigenvalue weighted by molar-refractivity contribution is 9.10. The number of halogens is 1. The highest BCUT2D eigenvalue weighted by atomic mass is 79.9. The van der Waals surface area contributed by atoms with Gasteiger partial charge in [-0.05, 0) is 43.0 Å². The molecule has 0 aliphatic carbocycles. The molecule has 2 aliphatic rings. The number of hydrogen-bond donors (Lipinski definition) is 0. The Hall–Kier alpha value is -0.860. The van der Waals surface area contributed by atoms with Crippen molar-refractivity contribution in [3.8, 4) is 0 Å². The maximum Gasteiger partial charge on any atom is 0.248 e. The summed E-state index contributed by atoms with van der Waals surface area (Å²) in [7, 11) is -3.06. The van der Waals surface area contributed by atoms with Crippen LogP contribution in [0.3, 0.4) is 0 Å². The van der Waals surface area contributed by atoms with Gasteiger partial charge in [-0.25, -0.2) is 8.42 Å². The van der Waals surface area contributed by atoms with Gasteiger partial charge in [0.15, 0.2) is 15.0 Å². The first-order valence-corrected chi connectivity index (χ1v) is 12.1. The van der Waals surface area contributed by atoms with Crippen molar-refractivity contribution < 1.29 is 13.2 Å². The molecular weight excluding hydrogens is 436 g/mol. The molecule has 3 rings (SSSR count). The third-order valence-electron chi connectivity index (χ3n) is 4.57. The zero-order valence-corrected chi connectivity index (χ0v) is 18.5. The fourth-order valence-corrected chi connectivity index (χ4v) is 8.21. The molecule has 26 heavy (non-hydrogen) atoms. The van der Waals surface area contributed by atoms with Crippen LogP contribution in [0.2, 0.25) is 0 Å². The SMILES string of the molecule is Cc1cc(Br)cc(C)c1N1C(=NC(=O)CC(C)C)S[C@@H]2CS(=O)(=O)C[C@H]21. The van der Waals surface area contributed by atoms with Gasteiger partial charge in [0.05, 0.1) is 17.5 Å². The largest absolute Gasteiger partial charge is 0.315 e. The predicted octanol–water partition coefficient (Wildman–Crippen LogP) is 3.71. The van der Waals surface area contributed by atoms with E-state index in [-0.39, 0.29) is 34.6 Å². The maximum absolute atomic E-state index is 12.3. The zero-order chi connectivity index (χ0) is 19.2. The van der Waals surface area contributed by atoms with Gasteiger partial charge in [0, 0.05) is 21.8 Å². The average Bonchev–Trinajstić information content (AvgIpc) is 2.89. The quantitative estimate of drug-likeness (QED) is 0.690. The number of amides is 1. The minimum atomic E-state index is -3.06. The minimum Gasteiger partial charge on any atom is -0.315 e. The van der Waals surface area contributed by atoms with E-state index in [9.17, 15) is 13.2 Å². The molecule has 0 saturated carbocycles. The van der Waals surface area contributed by atoms with Crippen molar-refractivity contribution in [2.75, 3.05) is 16.4 Å². The molecule has 2 fully saturated rings. The molecule has 0 bridgehead atoms. The second-order valence-corrected chi connectivity index (χ2v) is 11.7. The van der Waals surface area contributed by atoms with E-state index in [4.69, 9.17) is 0 Å². The van der Waals surface area contributed by atoms with Gasteiger partial charge in [0.2, 0.25) is 5.91 Å². The van der Waals surface area contributed by atoms with Crippen molar-refractivity contribution in [3.05, 3.63) is 27.7 Å². The second-order valence-electron chi connectivity index (χ2n) is 7.44. The standard InChI is InChI=1S/C18H23BrN2O3S2/c1-10(2)5-16(22)20-18-21(14-8-26(23,24)9-15(14)25-18)17-11(3)6-13(19)7-12(17)4/h6-7,10,14-15H,5,8-9H2,1-4H3/t14-,15-/m1/s1. The second kappa shape index (κ2) is 7.28. The number of anilines is 1. The van der Waals surface area contributed by atoms with E-state index in [2.05, 4.69) is 20.9 Å². The predicted molar refractivity (Wildman–Crippen MR) is 112 cm³/mol. The summed E-state index contributed by atoms with van der Waals surface area (Å²) >= 11 is 4.94. The van der Waals surface area contributed by atoms with Crippen LogP contribution < -0.4 is 4.90 Å². The molecule has 5 nitrogen and oxygen atoms in total. The van der Waals surface area contributed by atoms with Gasteiger partial charge in [0.25, 0.3) is 0 Å². The summed E-state index contributed by atoms with van der Waals surface area (Å²) < 4.78 is 25.3. The number of hydrogen-bond acceptors (Lipinski definition) is 4. The lowest BCUT2D eigenvalue weighted by atomic mass is 10.1. The van der Waals surface area contributed by atoms with Crippen LogP contribution in [-0.4, -0.2) is 42.3 Å². The Balaban J connectivity index is 2.07. The van der Waals surface area contributed by atoms with Gasteiger partial charge in [-0.2, -0.15) is 4.99 Å². The molecule has 0 N–H and O–H groups in total. The van der Waals surface area contributed by atoms with Crippen LogP contribution in [0.5, 0.6) is 0 Å². The summed E-state index contributed by atoms with van der Waals surface area (Å²) in [5.41, 5.74) is 3.03. The van der Waals surface area contributed by atoms with E-state index in [0.717, 1.165) is 21.3 Å². The fourth-order valence-electron chi connectivity index (χ4n) is 3.61. The number of sulfone groups is 1. The Bertz CT molecular complexity index is 857. The minimum absolute atomic E-state index is 0.0759. The highest BCUT2D eigenvalue weighted by Crippen LogP contribution is 2.43. The Kier molecular flexibility index (Phi) is 5.57. The van der Waals surface area contributed by atoms with Gasteiger partial charge in [-0.1, -0.05) is 41.5 Å². The number of fused-ring (bicyclic) bond motifs is 1. The smallest absolute Gasteiger partial charge is 0.248 e. The normalized spacial score (nSPS) is 25.9. The third-order valence-corrected chi connectivity index (χ3v) is 8.23. The number of rotatable bonds is 3. The Morgan fingerprint density at radius 1 is 1.31 bits per heavy atom. The van der Waals surface area contributed by atoms with E-state index in [1.54, 1.807) is 0 Å². The molecular formula is C18H23BrN2O3S2. The molecule has 0 spiro atoms.